The van der Waals surface area contributed by atoms with Gasteiger partial charge < -0.3 is 62.2 Å². The van der Waals surface area contributed by atoms with Crippen molar-refractivity contribution in [2.24, 2.45) is 5.92 Å². The normalized spacial score (nSPS) is 21.3. The van der Waals surface area contributed by atoms with Gasteiger partial charge in [-0.2, -0.15) is 0 Å². The average Bonchev–Trinajstić information content (AvgIpc) is 4.07. The molecule has 3 aliphatic rings. The van der Waals surface area contributed by atoms with E-state index < -0.39 is 121 Å². The molecule has 0 unspecified atom stereocenters. The van der Waals surface area contributed by atoms with Gasteiger partial charge in [0.15, 0.2) is 0 Å². The Morgan fingerprint density at radius 1 is 0.797 bits per heavy atom. The zero-order valence-corrected chi connectivity index (χ0v) is 33.6. The molecule has 22 heteroatoms. The third-order valence-electron chi connectivity index (χ3n) is 10.9. The number of imidazole rings is 1. The molecule has 1 aromatic heterocycles. The molecule has 4 rings (SSSR count). The lowest BCUT2D eigenvalue weighted by Gasteiger charge is -2.30. The predicted molar refractivity (Wildman–Crippen MR) is 206 cm³/mol. The number of nitrogens with one attached hydrogen (secondary N) is 8. The van der Waals surface area contributed by atoms with Crippen LogP contribution < -0.4 is 37.2 Å². The van der Waals surface area contributed by atoms with Crippen molar-refractivity contribution in [2.75, 3.05) is 39.3 Å². The molecule has 8 atom stereocenters. The van der Waals surface area contributed by atoms with Gasteiger partial charge in [-0.1, -0.05) is 20.3 Å². The van der Waals surface area contributed by atoms with Crippen molar-refractivity contribution in [1.82, 2.24) is 57.0 Å². The lowest BCUT2D eigenvalue weighted by Crippen LogP contribution is -2.59. The third kappa shape index (κ3) is 12.7. The van der Waals surface area contributed by atoms with Crippen molar-refractivity contribution in [3.8, 4) is 0 Å². The van der Waals surface area contributed by atoms with Crippen LogP contribution in [0.25, 0.3) is 0 Å². The van der Waals surface area contributed by atoms with Crippen LogP contribution in [0.1, 0.15) is 71.4 Å². The maximum Gasteiger partial charge on any atom is 0.322 e. The monoisotopic (exact) mass is 831 g/mol. The fourth-order valence-electron chi connectivity index (χ4n) is 7.35. The summed E-state index contributed by atoms with van der Waals surface area (Å²) in [5, 5.41) is 37.0. The molecule has 59 heavy (non-hydrogen) atoms. The number of carboxylic acids is 1. The van der Waals surface area contributed by atoms with Crippen LogP contribution in [0.2, 0.25) is 0 Å². The first-order valence-corrected chi connectivity index (χ1v) is 20.0. The number of nitrogens with zero attached hydrogens (tertiary/aromatic N) is 3. The second-order valence-corrected chi connectivity index (χ2v) is 15.1. The van der Waals surface area contributed by atoms with Crippen LogP contribution in [-0.4, -0.2) is 165 Å². The number of carboxylic acid groups (broad SMARTS) is 1. The van der Waals surface area contributed by atoms with Crippen molar-refractivity contribution >= 4 is 53.2 Å². The number of aliphatic hydroxyl groups excluding tert-OH is 1. The van der Waals surface area contributed by atoms with E-state index in [2.05, 4.69) is 47.2 Å². The molecule has 10 N–H and O–H groups in total. The molecule has 0 saturated carbocycles. The van der Waals surface area contributed by atoms with Crippen LogP contribution in [-0.2, 0) is 49.6 Å². The van der Waals surface area contributed by atoms with E-state index in [0.717, 1.165) is 6.42 Å². The van der Waals surface area contributed by atoms with Crippen LogP contribution in [0, 0.1) is 5.92 Å². The molecule has 326 valence electrons. The number of aliphatic hydroxyl groups is 1. The van der Waals surface area contributed by atoms with Crippen molar-refractivity contribution in [2.45, 2.75) is 114 Å². The maximum absolute atomic E-state index is 13.7. The largest absolute Gasteiger partial charge is 0.480 e. The minimum atomic E-state index is -1.29. The van der Waals surface area contributed by atoms with E-state index in [1.165, 1.54) is 29.2 Å². The minimum Gasteiger partial charge on any atom is -0.480 e. The molecule has 0 bridgehead atoms. The minimum absolute atomic E-state index is 0.0243. The Kier molecular flexibility index (Phi) is 17.1. The fraction of sp³-hybridized carbons (Fsp3) is 0.676. The zero-order chi connectivity index (χ0) is 43.2. The summed E-state index contributed by atoms with van der Waals surface area (Å²) in [5.74, 6) is -6.64. The number of carbonyl (C=O) groups is 9. The maximum atomic E-state index is 13.7. The number of aromatic nitrogens is 2. The van der Waals surface area contributed by atoms with E-state index in [9.17, 15) is 48.3 Å². The number of amides is 8. The highest BCUT2D eigenvalue weighted by atomic mass is 16.4. The van der Waals surface area contributed by atoms with E-state index in [1.807, 2.05) is 6.92 Å². The zero-order valence-electron chi connectivity index (χ0n) is 33.6. The summed E-state index contributed by atoms with van der Waals surface area (Å²) in [5.41, 5.74) is 0.504. The van der Waals surface area contributed by atoms with Crippen molar-refractivity contribution in [3.05, 3.63) is 18.2 Å². The Bertz CT molecular complexity index is 1690. The highest BCUT2D eigenvalue weighted by molar-refractivity contribution is 5.97. The molecule has 22 nitrogen and oxygen atoms in total. The first-order valence-electron chi connectivity index (χ1n) is 20.0. The van der Waals surface area contributed by atoms with Gasteiger partial charge in [0.25, 0.3) is 0 Å². The van der Waals surface area contributed by atoms with Crippen molar-refractivity contribution < 1.29 is 53.4 Å². The van der Waals surface area contributed by atoms with Gasteiger partial charge in [-0.25, -0.2) is 4.98 Å². The molecular formula is C37H57N11O11. The Balaban J connectivity index is 1.32. The van der Waals surface area contributed by atoms with Gasteiger partial charge in [0.2, 0.25) is 47.3 Å². The molecule has 0 aromatic carbocycles. The Hall–Kier alpha value is -5.64. The van der Waals surface area contributed by atoms with Crippen LogP contribution >= 0.6 is 0 Å². The Labute approximate surface area is 341 Å². The number of H-pyrrole nitrogens is 1. The lowest BCUT2D eigenvalue weighted by atomic mass is 9.97. The van der Waals surface area contributed by atoms with Crippen LogP contribution in [0.5, 0.6) is 0 Å². The van der Waals surface area contributed by atoms with Crippen molar-refractivity contribution in [1.29, 1.82) is 0 Å². The number of hydrogen-bond acceptors (Lipinski definition) is 12. The molecule has 0 spiro atoms. The predicted octanol–water partition coefficient (Wildman–Crippen LogP) is -4.00. The van der Waals surface area contributed by atoms with Crippen LogP contribution in [0.4, 0.5) is 0 Å². The van der Waals surface area contributed by atoms with E-state index >= 15 is 0 Å². The smallest absolute Gasteiger partial charge is 0.322 e. The molecular weight excluding hydrogens is 774 g/mol. The van der Waals surface area contributed by atoms with E-state index in [1.54, 1.807) is 6.92 Å². The number of aliphatic carboxylic acids is 1. The molecule has 3 aliphatic heterocycles. The molecule has 1 aromatic rings. The summed E-state index contributed by atoms with van der Waals surface area (Å²) in [6.07, 6.45) is 6.19. The second-order valence-electron chi connectivity index (χ2n) is 15.1. The second kappa shape index (κ2) is 21.9. The van der Waals surface area contributed by atoms with Crippen LogP contribution in [0.3, 0.4) is 0 Å². The topological polar surface area (TPSA) is 313 Å². The first kappa shape index (κ1) is 46.1. The van der Waals surface area contributed by atoms with Crippen LogP contribution in [0.15, 0.2) is 12.5 Å². The van der Waals surface area contributed by atoms with Gasteiger partial charge in [0, 0.05) is 31.4 Å². The summed E-state index contributed by atoms with van der Waals surface area (Å²) in [7, 11) is 0. The van der Waals surface area contributed by atoms with Crippen molar-refractivity contribution in [3.63, 3.8) is 0 Å². The summed E-state index contributed by atoms with van der Waals surface area (Å²) in [6, 6.07) is -7.08. The van der Waals surface area contributed by atoms with E-state index in [4.69, 9.17) is 5.11 Å². The number of aromatic amines is 1. The van der Waals surface area contributed by atoms with E-state index in [0.29, 0.717) is 37.9 Å². The quantitative estimate of drug-likeness (QED) is 0.0600. The van der Waals surface area contributed by atoms with Gasteiger partial charge in [-0.15, -0.1) is 0 Å². The summed E-state index contributed by atoms with van der Waals surface area (Å²) >= 11 is 0. The summed E-state index contributed by atoms with van der Waals surface area (Å²) in [4.78, 5) is 126. The van der Waals surface area contributed by atoms with Gasteiger partial charge in [0.05, 0.1) is 25.5 Å². The van der Waals surface area contributed by atoms with Gasteiger partial charge in [-0.3, -0.25) is 43.2 Å². The SMILES string of the molecule is CC[C@H](C)[C@H](NC(=O)[C@@H]1CCCN1C(=O)[C@H](C)NC(=O)[C@H](CO)NC(=O)[C@@H]1CCCN1)C(=O)NCC(=O)N1CCC[C@H]1C(=O)N[C@@H](Cc1cnc[nH]1)C(=O)NCC(=O)O. The number of likely N-dealkylation sites (tertiary alicyclic amines) is 2. The number of carbonyl (C=O) groups excluding carboxylic acids is 8. The fourth-order valence-corrected chi connectivity index (χ4v) is 7.35. The molecule has 3 fully saturated rings. The molecule has 3 saturated heterocycles. The summed E-state index contributed by atoms with van der Waals surface area (Å²) < 4.78 is 0. The number of rotatable bonds is 20. The standard InChI is InChI=1S/C37H57N11O11/c1-4-20(2)30(46-35(57)27-10-7-13-48(27)37(59)21(3)43-33(55)25(18-49)45-32(54)23-8-5-11-39-23)36(58)40-16-28(50)47-12-6-9-26(47)34(56)44-24(14-22-15-38-19-42-22)31(53)41-17-29(51)52/h15,19-21,23-27,30,39,49H,4-14,16-18H2,1-3H3,(H,38,42)(H,40,58)(H,41,53)(H,43,55)(H,44,56)(H,45,54)(H,46,57)(H,51,52)/t20-,21-,23-,24-,25-,26-,27-,30-/m0/s1. The highest BCUT2D eigenvalue weighted by Crippen LogP contribution is 2.21. The highest BCUT2D eigenvalue weighted by Gasteiger charge is 2.40. The average molecular weight is 832 g/mol. The molecule has 4 heterocycles. The number of hydrogen-bond donors (Lipinski definition) is 10. The Morgan fingerprint density at radius 3 is 2.05 bits per heavy atom. The van der Waals surface area contributed by atoms with Gasteiger partial charge in [-0.05, 0) is 57.9 Å². The molecule has 8 amide bonds. The third-order valence-corrected chi connectivity index (χ3v) is 10.9. The lowest BCUT2D eigenvalue weighted by molar-refractivity contribution is -0.142. The first-order chi connectivity index (χ1) is 28.1. The molecule has 0 aliphatic carbocycles. The van der Waals surface area contributed by atoms with Gasteiger partial charge >= 0.3 is 5.97 Å². The van der Waals surface area contributed by atoms with E-state index in [-0.39, 0.29) is 32.4 Å². The van der Waals surface area contributed by atoms with Gasteiger partial charge in [0.1, 0.15) is 42.8 Å². The molecule has 0 radical (unpaired) electrons. The summed E-state index contributed by atoms with van der Waals surface area (Å²) in [6.45, 7) is 4.21. The Morgan fingerprint density at radius 2 is 1.44 bits per heavy atom.